The Hall–Kier alpha value is -3.88. The van der Waals surface area contributed by atoms with Crippen LogP contribution in [0.4, 0.5) is 11.5 Å². The molecule has 0 bridgehead atoms. The number of anilines is 2. The molecule has 7 nitrogen and oxygen atoms in total. The minimum Gasteiger partial charge on any atom is -0.353 e. The van der Waals surface area contributed by atoms with Crippen LogP contribution >= 0.6 is 11.5 Å². The van der Waals surface area contributed by atoms with Gasteiger partial charge in [0.05, 0.1) is 21.9 Å². The Morgan fingerprint density at radius 3 is 2.53 bits per heavy atom. The minimum atomic E-state index is -0.246. The van der Waals surface area contributed by atoms with Crippen molar-refractivity contribution in [2.24, 2.45) is 0 Å². The van der Waals surface area contributed by atoms with Gasteiger partial charge in [0.25, 0.3) is 5.91 Å². The molecule has 5 aromatic rings. The monoisotopic (exact) mass is 494 g/mol. The lowest BCUT2D eigenvalue weighted by Gasteiger charge is -2.35. The number of para-hydroxylation sites is 3. The highest BCUT2D eigenvalue weighted by atomic mass is 32.1. The molecule has 1 aliphatic rings. The summed E-state index contributed by atoms with van der Waals surface area (Å²) in [6.07, 6.45) is 2.39. The van der Waals surface area contributed by atoms with E-state index in [1.54, 1.807) is 11.5 Å². The van der Waals surface area contributed by atoms with Gasteiger partial charge in [-0.05, 0) is 53.8 Å². The van der Waals surface area contributed by atoms with Gasteiger partial charge in [0.1, 0.15) is 11.5 Å². The molecule has 0 unspecified atom stereocenters. The van der Waals surface area contributed by atoms with Crippen LogP contribution in [0, 0.1) is 0 Å². The van der Waals surface area contributed by atoms with Gasteiger partial charge in [0.15, 0.2) is 0 Å². The number of benzene rings is 3. The van der Waals surface area contributed by atoms with E-state index < -0.39 is 0 Å². The Kier molecular flexibility index (Phi) is 6.27. The zero-order valence-corrected chi connectivity index (χ0v) is 20.6. The maximum atomic E-state index is 12.9. The van der Waals surface area contributed by atoms with E-state index in [2.05, 4.69) is 55.4 Å². The van der Waals surface area contributed by atoms with Gasteiger partial charge in [-0.3, -0.25) is 14.7 Å². The summed E-state index contributed by atoms with van der Waals surface area (Å²) < 4.78 is 5.96. The van der Waals surface area contributed by atoms with Crippen LogP contribution in [0.1, 0.15) is 16.1 Å². The highest BCUT2D eigenvalue weighted by molar-refractivity contribution is 7.13. The van der Waals surface area contributed by atoms with E-state index >= 15 is 0 Å². The second-order valence-electron chi connectivity index (χ2n) is 8.94. The van der Waals surface area contributed by atoms with Gasteiger partial charge in [-0.1, -0.05) is 42.5 Å². The molecule has 0 spiro atoms. The summed E-state index contributed by atoms with van der Waals surface area (Å²) in [4.78, 5) is 26.6. The van der Waals surface area contributed by atoms with E-state index in [1.165, 1.54) is 16.3 Å². The number of fused-ring (bicyclic) bond motifs is 2. The zero-order chi connectivity index (χ0) is 24.3. The summed E-state index contributed by atoms with van der Waals surface area (Å²) in [5.41, 5.74) is 3.74. The number of hydrogen-bond acceptors (Lipinski definition) is 7. The molecule has 3 heterocycles. The van der Waals surface area contributed by atoms with Crippen molar-refractivity contribution in [1.29, 1.82) is 0 Å². The fourth-order valence-electron chi connectivity index (χ4n) is 4.68. The predicted molar refractivity (Wildman–Crippen MR) is 146 cm³/mol. The van der Waals surface area contributed by atoms with E-state index in [0.717, 1.165) is 61.7 Å². The second-order valence-corrected chi connectivity index (χ2v) is 9.74. The Balaban J connectivity index is 1.08. The van der Waals surface area contributed by atoms with Crippen molar-refractivity contribution in [3.8, 4) is 0 Å². The van der Waals surface area contributed by atoms with Crippen molar-refractivity contribution in [3.05, 3.63) is 90.3 Å². The third kappa shape index (κ3) is 4.65. The molecule has 2 aromatic heterocycles. The third-order valence-corrected chi connectivity index (χ3v) is 7.49. The first-order valence-electron chi connectivity index (χ1n) is 12.2. The van der Waals surface area contributed by atoms with Crippen LogP contribution in [-0.4, -0.2) is 57.9 Å². The van der Waals surface area contributed by atoms with E-state index in [1.807, 2.05) is 42.5 Å². The van der Waals surface area contributed by atoms with Crippen molar-refractivity contribution in [3.63, 3.8) is 0 Å². The highest BCUT2D eigenvalue weighted by Crippen LogP contribution is 2.30. The summed E-state index contributed by atoms with van der Waals surface area (Å²) >= 11 is 1.57. The smallest absolute Gasteiger partial charge is 0.275 e. The Morgan fingerprint density at radius 1 is 0.889 bits per heavy atom. The van der Waals surface area contributed by atoms with Crippen molar-refractivity contribution in [2.45, 2.75) is 6.42 Å². The molecule has 1 amide bonds. The first kappa shape index (κ1) is 22.6. The van der Waals surface area contributed by atoms with E-state index in [4.69, 9.17) is 4.37 Å². The Bertz CT molecular complexity index is 1530. The molecule has 3 aromatic carbocycles. The lowest BCUT2D eigenvalue weighted by Crippen LogP contribution is -2.47. The van der Waals surface area contributed by atoms with Crippen molar-refractivity contribution in [1.82, 2.24) is 19.2 Å². The van der Waals surface area contributed by atoms with Crippen molar-refractivity contribution >= 4 is 50.1 Å². The van der Waals surface area contributed by atoms with E-state index in [9.17, 15) is 4.79 Å². The molecule has 8 heteroatoms. The molecule has 180 valence electrons. The lowest BCUT2D eigenvalue weighted by atomic mass is 10.1. The van der Waals surface area contributed by atoms with Gasteiger partial charge < -0.3 is 10.2 Å². The van der Waals surface area contributed by atoms with Crippen LogP contribution < -0.4 is 10.2 Å². The van der Waals surface area contributed by atoms with Crippen LogP contribution in [0.5, 0.6) is 0 Å². The fourth-order valence-corrected chi connectivity index (χ4v) is 5.47. The molecule has 0 aliphatic carbocycles. The van der Waals surface area contributed by atoms with Crippen LogP contribution in [0.3, 0.4) is 0 Å². The quantitative estimate of drug-likeness (QED) is 0.364. The number of aromatic nitrogens is 3. The molecule has 6 rings (SSSR count). The number of amides is 1. The van der Waals surface area contributed by atoms with Crippen LogP contribution in [0.2, 0.25) is 0 Å². The number of nitrogens with one attached hydrogen (secondary N) is 1. The molecule has 0 atom stereocenters. The molecule has 1 N–H and O–H groups in total. The molecular weight excluding hydrogens is 468 g/mol. The minimum absolute atomic E-state index is 0.246. The summed E-state index contributed by atoms with van der Waals surface area (Å²) in [5.74, 6) is 0.866. The molecule has 1 saturated heterocycles. The topological polar surface area (TPSA) is 74.2 Å². The third-order valence-electron chi connectivity index (χ3n) is 6.67. The number of carbonyl (C=O) groups excluding carboxylic acids is 1. The maximum Gasteiger partial charge on any atom is 0.275 e. The van der Waals surface area contributed by atoms with E-state index in [-0.39, 0.29) is 5.91 Å². The second kappa shape index (κ2) is 10.0. The molecular formula is C28H26N6OS. The normalized spacial score (nSPS) is 14.4. The number of carbonyl (C=O) groups is 1. The van der Waals surface area contributed by atoms with Gasteiger partial charge in [-0.25, -0.2) is 4.98 Å². The molecule has 0 saturated carbocycles. The van der Waals surface area contributed by atoms with Crippen LogP contribution in [0.15, 0.2) is 79.0 Å². The van der Waals surface area contributed by atoms with Crippen LogP contribution in [-0.2, 0) is 6.42 Å². The van der Waals surface area contributed by atoms with Gasteiger partial charge in [0.2, 0.25) is 0 Å². The molecule has 36 heavy (non-hydrogen) atoms. The average molecular weight is 495 g/mol. The van der Waals surface area contributed by atoms with Gasteiger partial charge in [0, 0.05) is 43.8 Å². The average Bonchev–Trinajstić information content (AvgIpc) is 3.37. The number of piperazine rings is 1. The number of rotatable bonds is 6. The number of nitrogens with zero attached hydrogens (tertiary/aromatic N) is 5. The fraction of sp³-hybridized carbons (Fsp3) is 0.214. The summed E-state index contributed by atoms with van der Waals surface area (Å²) in [7, 11) is 0. The van der Waals surface area contributed by atoms with Gasteiger partial charge in [-0.2, -0.15) is 4.37 Å². The van der Waals surface area contributed by atoms with E-state index in [0.29, 0.717) is 11.2 Å². The number of hydrogen-bond donors (Lipinski definition) is 1. The van der Waals surface area contributed by atoms with Crippen molar-refractivity contribution in [2.75, 3.05) is 42.9 Å². The zero-order valence-electron chi connectivity index (χ0n) is 19.8. The summed E-state index contributed by atoms with van der Waals surface area (Å²) in [6, 6.07) is 24.0. The largest absolute Gasteiger partial charge is 0.353 e. The van der Waals surface area contributed by atoms with Crippen LogP contribution in [0.25, 0.3) is 21.1 Å². The summed E-state index contributed by atoms with van der Waals surface area (Å²) in [6.45, 7) is 4.86. The Morgan fingerprint density at radius 2 is 1.64 bits per heavy atom. The standard InChI is InChI=1S/C28H26N6OS/c35-28(25-19-29-23-10-4-5-11-24(23)30-25)31-22-9-3-1-7-20(22)13-14-33-15-17-34(18-16-33)27-21-8-2-6-12-26(21)36-32-27/h1-12,19H,13-18H2,(H,31,35). The SMILES string of the molecule is O=C(Nc1ccccc1CCN1CCN(c2nsc3ccccc23)CC1)c1cnc2ccccc2n1. The first-order valence-corrected chi connectivity index (χ1v) is 12.9. The lowest BCUT2D eigenvalue weighted by molar-refractivity contribution is 0.102. The molecule has 1 aliphatic heterocycles. The summed E-state index contributed by atoms with van der Waals surface area (Å²) in [5, 5.41) is 4.29. The maximum absolute atomic E-state index is 12.9. The Labute approximate surface area is 213 Å². The predicted octanol–water partition coefficient (Wildman–Crippen LogP) is 4.86. The van der Waals surface area contributed by atoms with Gasteiger partial charge in [-0.15, -0.1) is 0 Å². The first-order chi connectivity index (χ1) is 17.7. The van der Waals surface area contributed by atoms with Crippen molar-refractivity contribution < 1.29 is 4.79 Å². The van der Waals surface area contributed by atoms with Gasteiger partial charge >= 0.3 is 0 Å². The molecule has 1 fully saturated rings. The highest BCUT2D eigenvalue weighted by Gasteiger charge is 2.21. The molecule has 0 radical (unpaired) electrons.